The van der Waals surface area contributed by atoms with Gasteiger partial charge in [0.1, 0.15) is 0 Å². The molecule has 0 aromatic rings. The second-order valence-electron chi connectivity index (χ2n) is 3.52. The van der Waals surface area contributed by atoms with Crippen LogP contribution >= 0.6 is 0 Å². The quantitative estimate of drug-likeness (QED) is 0.576. The standard InChI is InChI=1S/C10H18O/c1-8(9(2)11)10-6-4-3-5-7-10/h9,11H,3-7H2,1-2H3. The van der Waals surface area contributed by atoms with Crippen LogP contribution in [0.3, 0.4) is 0 Å². The van der Waals surface area contributed by atoms with Crippen LogP contribution in [0.1, 0.15) is 46.0 Å². The van der Waals surface area contributed by atoms with Crippen LogP contribution in [0.4, 0.5) is 0 Å². The van der Waals surface area contributed by atoms with E-state index in [0.717, 1.165) is 0 Å². The molecule has 1 rings (SSSR count). The highest BCUT2D eigenvalue weighted by Crippen LogP contribution is 2.26. The molecule has 0 saturated heterocycles. The predicted molar refractivity (Wildman–Crippen MR) is 47.5 cm³/mol. The van der Waals surface area contributed by atoms with Gasteiger partial charge in [-0.25, -0.2) is 0 Å². The summed E-state index contributed by atoms with van der Waals surface area (Å²) in [5.41, 5.74) is 2.72. The molecule has 1 fully saturated rings. The van der Waals surface area contributed by atoms with Gasteiger partial charge >= 0.3 is 0 Å². The molecule has 0 aromatic heterocycles. The summed E-state index contributed by atoms with van der Waals surface area (Å²) >= 11 is 0. The van der Waals surface area contributed by atoms with Gasteiger partial charge in [0.2, 0.25) is 0 Å². The highest BCUT2D eigenvalue weighted by molar-refractivity contribution is 5.16. The molecule has 0 aliphatic heterocycles. The first-order chi connectivity index (χ1) is 5.22. The van der Waals surface area contributed by atoms with Gasteiger partial charge in [-0.2, -0.15) is 0 Å². The third kappa shape index (κ3) is 2.33. The van der Waals surface area contributed by atoms with Gasteiger partial charge in [-0.15, -0.1) is 0 Å². The smallest absolute Gasteiger partial charge is 0.0721 e. The summed E-state index contributed by atoms with van der Waals surface area (Å²) in [6, 6.07) is 0. The largest absolute Gasteiger partial charge is 0.389 e. The number of rotatable bonds is 1. The molecule has 1 heteroatoms. The lowest BCUT2D eigenvalue weighted by molar-refractivity contribution is 0.229. The fraction of sp³-hybridized carbons (Fsp3) is 0.800. The molecule has 0 aromatic carbocycles. The van der Waals surface area contributed by atoms with Crippen molar-refractivity contribution in [3.8, 4) is 0 Å². The molecule has 11 heavy (non-hydrogen) atoms. The second kappa shape index (κ2) is 3.91. The van der Waals surface area contributed by atoms with E-state index in [1.807, 2.05) is 6.92 Å². The molecule has 0 radical (unpaired) electrons. The van der Waals surface area contributed by atoms with E-state index >= 15 is 0 Å². The van der Waals surface area contributed by atoms with E-state index in [1.54, 1.807) is 0 Å². The Balaban J connectivity index is 2.60. The summed E-state index contributed by atoms with van der Waals surface area (Å²) in [5, 5.41) is 9.32. The van der Waals surface area contributed by atoms with Crippen molar-refractivity contribution in [2.24, 2.45) is 0 Å². The molecule has 1 saturated carbocycles. The van der Waals surface area contributed by atoms with Crippen LogP contribution < -0.4 is 0 Å². The monoisotopic (exact) mass is 154 g/mol. The molecule has 1 aliphatic carbocycles. The van der Waals surface area contributed by atoms with Crippen LogP contribution in [0, 0.1) is 0 Å². The zero-order valence-corrected chi connectivity index (χ0v) is 7.56. The maximum Gasteiger partial charge on any atom is 0.0721 e. The van der Waals surface area contributed by atoms with Crippen LogP contribution in [0.25, 0.3) is 0 Å². The summed E-state index contributed by atoms with van der Waals surface area (Å²) in [6.07, 6.45) is 6.21. The highest BCUT2D eigenvalue weighted by atomic mass is 16.3. The van der Waals surface area contributed by atoms with Crippen molar-refractivity contribution < 1.29 is 5.11 Å². The molecule has 1 unspecified atom stereocenters. The molecule has 1 aliphatic rings. The molecule has 1 N–H and O–H groups in total. The van der Waals surface area contributed by atoms with E-state index in [0.29, 0.717) is 0 Å². The van der Waals surface area contributed by atoms with E-state index in [-0.39, 0.29) is 6.10 Å². The maximum atomic E-state index is 9.32. The zero-order chi connectivity index (χ0) is 8.27. The average molecular weight is 154 g/mol. The van der Waals surface area contributed by atoms with Gasteiger partial charge in [0.25, 0.3) is 0 Å². The summed E-state index contributed by atoms with van der Waals surface area (Å²) < 4.78 is 0. The third-order valence-corrected chi connectivity index (χ3v) is 2.64. The van der Waals surface area contributed by atoms with Crippen molar-refractivity contribution >= 4 is 0 Å². The lowest BCUT2D eigenvalue weighted by Gasteiger charge is -2.18. The molecular weight excluding hydrogens is 136 g/mol. The SMILES string of the molecule is CC(=C1CCCCC1)C(C)O. The van der Waals surface area contributed by atoms with Crippen LogP contribution in [-0.2, 0) is 0 Å². The molecule has 0 bridgehead atoms. The molecule has 64 valence electrons. The van der Waals surface area contributed by atoms with Gasteiger partial charge in [-0.1, -0.05) is 12.0 Å². The van der Waals surface area contributed by atoms with Gasteiger partial charge in [-0.3, -0.25) is 0 Å². The number of aliphatic hydroxyl groups is 1. The Morgan fingerprint density at radius 2 is 1.82 bits per heavy atom. The Labute approximate surface area is 69.1 Å². The van der Waals surface area contributed by atoms with Crippen molar-refractivity contribution in [3.05, 3.63) is 11.1 Å². The van der Waals surface area contributed by atoms with Crippen molar-refractivity contribution in [1.82, 2.24) is 0 Å². The maximum absolute atomic E-state index is 9.32. The van der Waals surface area contributed by atoms with Crippen molar-refractivity contribution in [1.29, 1.82) is 0 Å². The van der Waals surface area contributed by atoms with E-state index in [9.17, 15) is 5.11 Å². The Morgan fingerprint density at radius 1 is 1.27 bits per heavy atom. The van der Waals surface area contributed by atoms with Crippen LogP contribution in [0.2, 0.25) is 0 Å². The van der Waals surface area contributed by atoms with Crippen molar-refractivity contribution in [2.45, 2.75) is 52.1 Å². The van der Waals surface area contributed by atoms with Gasteiger partial charge in [0, 0.05) is 0 Å². The van der Waals surface area contributed by atoms with Crippen LogP contribution in [0.5, 0.6) is 0 Å². The molecule has 0 amide bonds. The Bertz CT molecular complexity index is 148. The van der Waals surface area contributed by atoms with E-state index in [2.05, 4.69) is 6.92 Å². The van der Waals surface area contributed by atoms with Crippen LogP contribution in [0.15, 0.2) is 11.1 Å². The van der Waals surface area contributed by atoms with Gasteiger partial charge in [-0.05, 0) is 45.1 Å². The molecule has 0 heterocycles. The lowest BCUT2D eigenvalue weighted by atomic mass is 9.90. The Kier molecular flexibility index (Phi) is 3.13. The summed E-state index contributed by atoms with van der Waals surface area (Å²) in [4.78, 5) is 0. The lowest BCUT2D eigenvalue weighted by Crippen LogP contribution is -2.07. The van der Waals surface area contributed by atoms with Crippen molar-refractivity contribution in [2.75, 3.05) is 0 Å². The second-order valence-corrected chi connectivity index (χ2v) is 3.52. The molecule has 0 spiro atoms. The van der Waals surface area contributed by atoms with Crippen LogP contribution in [-0.4, -0.2) is 11.2 Å². The first-order valence-corrected chi connectivity index (χ1v) is 4.58. The summed E-state index contributed by atoms with van der Waals surface area (Å²) in [5.74, 6) is 0. The highest BCUT2D eigenvalue weighted by Gasteiger charge is 2.10. The minimum Gasteiger partial charge on any atom is -0.389 e. The minimum absolute atomic E-state index is 0.233. The predicted octanol–water partition coefficient (Wildman–Crippen LogP) is 2.65. The fourth-order valence-corrected chi connectivity index (χ4v) is 1.67. The third-order valence-electron chi connectivity index (χ3n) is 2.64. The normalized spacial score (nSPS) is 21.5. The molecule has 1 atom stereocenters. The average Bonchev–Trinajstić information content (AvgIpc) is 2.05. The first-order valence-electron chi connectivity index (χ1n) is 4.58. The van der Waals surface area contributed by atoms with Gasteiger partial charge in [0.15, 0.2) is 0 Å². The summed E-state index contributed by atoms with van der Waals surface area (Å²) in [6.45, 7) is 3.92. The number of aliphatic hydroxyl groups excluding tert-OH is 1. The number of hydrogen-bond donors (Lipinski definition) is 1. The van der Waals surface area contributed by atoms with Crippen molar-refractivity contribution in [3.63, 3.8) is 0 Å². The Morgan fingerprint density at radius 3 is 2.27 bits per heavy atom. The van der Waals surface area contributed by atoms with E-state index in [4.69, 9.17) is 0 Å². The first kappa shape index (κ1) is 8.79. The summed E-state index contributed by atoms with van der Waals surface area (Å²) in [7, 11) is 0. The Hall–Kier alpha value is -0.300. The van der Waals surface area contributed by atoms with E-state index in [1.165, 1.54) is 43.3 Å². The molecular formula is C10H18O. The van der Waals surface area contributed by atoms with Gasteiger partial charge in [0.05, 0.1) is 6.10 Å². The number of allylic oxidation sites excluding steroid dienone is 1. The van der Waals surface area contributed by atoms with Gasteiger partial charge < -0.3 is 5.11 Å². The fourth-order valence-electron chi connectivity index (χ4n) is 1.67. The zero-order valence-electron chi connectivity index (χ0n) is 7.56. The molecule has 1 nitrogen and oxygen atoms in total. The minimum atomic E-state index is -0.233. The van der Waals surface area contributed by atoms with E-state index < -0.39 is 0 Å². The number of hydrogen-bond acceptors (Lipinski definition) is 1. The topological polar surface area (TPSA) is 20.2 Å².